The van der Waals surface area contributed by atoms with Crippen molar-refractivity contribution in [3.8, 4) is 34.8 Å². The molecule has 11 heteroatoms. The van der Waals surface area contributed by atoms with E-state index in [1.54, 1.807) is 24.3 Å². The third-order valence-electron chi connectivity index (χ3n) is 7.47. The van der Waals surface area contributed by atoms with Crippen molar-refractivity contribution < 1.29 is 32.9 Å². The van der Waals surface area contributed by atoms with Gasteiger partial charge in [-0.3, -0.25) is 14.6 Å². The molecular formula is C33H29FN4O6. The van der Waals surface area contributed by atoms with Gasteiger partial charge in [-0.1, -0.05) is 17.7 Å². The summed E-state index contributed by atoms with van der Waals surface area (Å²) in [6, 6.07) is 16.7. The number of nitriles is 1. The van der Waals surface area contributed by atoms with Crippen LogP contribution in [0.1, 0.15) is 31.2 Å². The van der Waals surface area contributed by atoms with Crippen LogP contribution in [-0.2, 0) is 9.59 Å². The van der Waals surface area contributed by atoms with Crippen LogP contribution >= 0.6 is 0 Å². The molecule has 10 nitrogen and oxygen atoms in total. The molecular weight excluding hydrogens is 567 g/mol. The number of fused-ring (bicyclic) bond motifs is 3. The molecule has 0 unspecified atom stereocenters. The quantitative estimate of drug-likeness (QED) is 0.161. The van der Waals surface area contributed by atoms with Gasteiger partial charge in [-0.25, -0.2) is 4.39 Å². The zero-order chi connectivity index (χ0) is 30.7. The molecule has 0 atom stereocenters. The number of anilines is 2. The number of nitrogens with zero attached hydrogens (tertiary/aromatic N) is 2. The number of aryl methyl sites for hydroxylation is 1. The summed E-state index contributed by atoms with van der Waals surface area (Å²) < 4.78 is 38.9. The summed E-state index contributed by atoms with van der Waals surface area (Å²) in [6.45, 7) is 2.87. The average molecular weight is 597 g/mol. The van der Waals surface area contributed by atoms with E-state index in [9.17, 15) is 9.59 Å². The highest BCUT2D eigenvalue weighted by Gasteiger charge is 2.56. The van der Waals surface area contributed by atoms with Crippen LogP contribution in [0.5, 0.6) is 28.7 Å². The molecule has 1 aromatic heterocycles. The SMILES string of the molecule is Cc1ccc(NC(=O)C2(C(=O)Nc3ccc(Oc4ccnc5cc(OCCCC#N)c6c(c45)OCCO6)c(F)c3)CC2)cc1. The van der Waals surface area contributed by atoms with Gasteiger partial charge in [0.15, 0.2) is 23.1 Å². The average Bonchev–Trinajstić information content (AvgIpc) is 3.84. The lowest BCUT2D eigenvalue weighted by Gasteiger charge is -2.23. The molecule has 1 aliphatic carbocycles. The predicted molar refractivity (Wildman–Crippen MR) is 160 cm³/mol. The van der Waals surface area contributed by atoms with Crippen LogP contribution in [0.25, 0.3) is 10.9 Å². The van der Waals surface area contributed by atoms with Crippen LogP contribution in [0.2, 0.25) is 0 Å². The number of carbonyl (C=O) groups is 2. The van der Waals surface area contributed by atoms with Crippen LogP contribution in [-0.4, -0.2) is 36.6 Å². The van der Waals surface area contributed by atoms with E-state index in [1.165, 1.54) is 18.3 Å². The lowest BCUT2D eigenvalue weighted by atomic mass is 10.0. The number of pyridine rings is 1. The van der Waals surface area contributed by atoms with Gasteiger partial charge in [-0.2, -0.15) is 5.26 Å². The van der Waals surface area contributed by atoms with Crippen molar-refractivity contribution in [1.82, 2.24) is 4.98 Å². The number of aromatic nitrogens is 1. The minimum Gasteiger partial charge on any atom is -0.489 e. The number of benzene rings is 3. The van der Waals surface area contributed by atoms with Gasteiger partial charge in [0.25, 0.3) is 0 Å². The van der Waals surface area contributed by atoms with E-state index >= 15 is 4.39 Å². The molecule has 0 saturated heterocycles. The fraction of sp³-hybridized carbons (Fsp3) is 0.273. The van der Waals surface area contributed by atoms with Gasteiger partial charge in [0, 0.05) is 36.1 Å². The summed E-state index contributed by atoms with van der Waals surface area (Å²) in [5, 5.41) is 14.8. The molecule has 1 aliphatic heterocycles. The van der Waals surface area contributed by atoms with E-state index in [1.807, 2.05) is 19.1 Å². The summed E-state index contributed by atoms with van der Waals surface area (Å²) in [4.78, 5) is 30.4. The highest BCUT2D eigenvalue weighted by Crippen LogP contribution is 2.49. The topological polar surface area (TPSA) is 132 Å². The number of ether oxygens (including phenoxy) is 4. The lowest BCUT2D eigenvalue weighted by molar-refractivity contribution is -0.131. The van der Waals surface area contributed by atoms with Gasteiger partial charge in [0.05, 0.1) is 23.6 Å². The Morgan fingerprint density at radius 2 is 1.66 bits per heavy atom. The minimum atomic E-state index is -1.20. The normalized spacial score (nSPS) is 14.3. The summed E-state index contributed by atoms with van der Waals surface area (Å²) >= 11 is 0. The maximum absolute atomic E-state index is 15.3. The molecule has 6 rings (SSSR count). The van der Waals surface area contributed by atoms with Gasteiger partial charge in [0.2, 0.25) is 17.6 Å². The molecule has 0 spiro atoms. The third-order valence-corrected chi connectivity index (χ3v) is 7.47. The Kier molecular flexibility index (Phi) is 7.89. The predicted octanol–water partition coefficient (Wildman–Crippen LogP) is 6.29. The van der Waals surface area contributed by atoms with E-state index in [0.29, 0.717) is 79.3 Å². The number of hydrogen-bond acceptors (Lipinski definition) is 8. The highest BCUT2D eigenvalue weighted by molar-refractivity contribution is 6.16. The van der Waals surface area contributed by atoms with E-state index in [2.05, 4.69) is 21.7 Å². The second kappa shape index (κ2) is 12.1. The van der Waals surface area contributed by atoms with E-state index < -0.39 is 23.0 Å². The van der Waals surface area contributed by atoms with E-state index in [-0.39, 0.29) is 17.2 Å². The summed E-state index contributed by atoms with van der Waals surface area (Å²) in [6.07, 6.45) is 3.24. The van der Waals surface area contributed by atoms with Crippen LogP contribution < -0.4 is 29.6 Å². The molecule has 224 valence electrons. The highest BCUT2D eigenvalue weighted by atomic mass is 19.1. The second-order valence-electron chi connectivity index (χ2n) is 10.6. The Hall–Kier alpha value is -5.37. The molecule has 1 fully saturated rings. The Bertz CT molecular complexity index is 1780. The lowest BCUT2D eigenvalue weighted by Crippen LogP contribution is -2.35. The smallest absolute Gasteiger partial charge is 0.240 e. The molecule has 2 heterocycles. The molecule has 3 aromatic carbocycles. The third kappa shape index (κ3) is 5.79. The second-order valence-corrected chi connectivity index (χ2v) is 10.6. The summed E-state index contributed by atoms with van der Waals surface area (Å²) in [5.41, 5.74) is 1.14. The van der Waals surface area contributed by atoms with Crippen molar-refractivity contribution in [3.63, 3.8) is 0 Å². The van der Waals surface area contributed by atoms with Crippen LogP contribution in [0.3, 0.4) is 0 Å². The van der Waals surface area contributed by atoms with E-state index in [0.717, 1.165) is 11.6 Å². The number of rotatable bonds is 10. The first-order chi connectivity index (χ1) is 21.4. The fourth-order valence-corrected chi connectivity index (χ4v) is 4.90. The van der Waals surface area contributed by atoms with Crippen molar-refractivity contribution in [2.45, 2.75) is 32.6 Å². The zero-order valence-corrected chi connectivity index (χ0v) is 23.9. The zero-order valence-electron chi connectivity index (χ0n) is 23.9. The maximum atomic E-state index is 15.3. The number of nitrogens with one attached hydrogen (secondary N) is 2. The number of halogens is 1. The molecule has 1 saturated carbocycles. The Morgan fingerprint density at radius 3 is 2.36 bits per heavy atom. The van der Waals surface area contributed by atoms with Gasteiger partial charge in [-0.15, -0.1) is 0 Å². The maximum Gasteiger partial charge on any atom is 0.240 e. The first kappa shape index (κ1) is 28.7. The van der Waals surface area contributed by atoms with Crippen molar-refractivity contribution in [2.24, 2.45) is 5.41 Å². The Morgan fingerprint density at radius 1 is 0.955 bits per heavy atom. The molecule has 2 amide bonds. The molecule has 0 bridgehead atoms. The van der Waals surface area contributed by atoms with Gasteiger partial charge in [-0.05, 0) is 56.5 Å². The van der Waals surface area contributed by atoms with Gasteiger partial charge >= 0.3 is 0 Å². The van der Waals surface area contributed by atoms with Crippen molar-refractivity contribution in [2.75, 3.05) is 30.5 Å². The fourth-order valence-electron chi connectivity index (χ4n) is 4.90. The first-order valence-corrected chi connectivity index (χ1v) is 14.3. The number of amides is 2. The van der Waals surface area contributed by atoms with Crippen LogP contribution in [0.15, 0.2) is 60.8 Å². The minimum absolute atomic E-state index is 0.0870. The van der Waals surface area contributed by atoms with Crippen LogP contribution in [0.4, 0.5) is 15.8 Å². The van der Waals surface area contributed by atoms with Crippen molar-refractivity contribution >= 4 is 34.1 Å². The van der Waals surface area contributed by atoms with Crippen molar-refractivity contribution in [3.05, 3.63) is 72.2 Å². The molecule has 2 aliphatic rings. The van der Waals surface area contributed by atoms with Crippen LogP contribution in [0, 0.1) is 29.5 Å². The molecule has 4 aromatic rings. The largest absolute Gasteiger partial charge is 0.489 e. The first-order valence-electron chi connectivity index (χ1n) is 14.3. The standard InChI is InChI=1S/C33H29FN4O6/c1-20-4-6-21(7-5-20)37-31(39)33(11-12-33)32(40)38-22-8-9-25(23(34)18-22)44-26-10-14-36-24-19-27(41-15-3-2-13-35)29-30(28(24)26)43-17-16-42-29/h4-10,14,18-19H,2-3,11-12,15-17H2,1H3,(H,37,39)(H,38,40). The number of unbranched alkanes of at least 4 members (excludes halogenated alkanes) is 1. The number of hydrogen-bond donors (Lipinski definition) is 2. The molecule has 2 N–H and O–H groups in total. The molecule has 44 heavy (non-hydrogen) atoms. The van der Waals surface area contributed by atoms with Gasteiger partial charge < -0.3 is 29.6 Å². The summed E-state index contributed by atoms with van der Waals surface area (Å²) in [5.74, 6) is -0.220. The summed E-state index contributed by atoms with van der Waals surface area (Å²) in [7, 11) is 0. The van der Waals surface area contributed by atoms with Crippen molar-refractivity contribution in [1.29, 1.82) is 5.26 Å². The van der Waals surface area contributed by atoms with Gasteiger partial charge in [0.1, 0.15) is 24.4 Å². The van der Waals surface area contributed by atoms with E-state index in [4.69, 9.17) is 24.2 Å². The Labute approximate surface area is 252 Å². The Balaban J connectivity index is 1.19. The monoisotopic (exact) mass is 596 g/mol. The molecule has 0 radical (unpaired) electrons. The number of carbonyl (C=O) groups excluding carboxylic acids is 2.